The highest BCUT2D eigenvalue weighted by atomic mass is 16.6. The molecule has 4 N–H and O–H groups in total. The van der Waals surface area contributed by atoms with Crippen molar-refractivity contribution in [3.8, 4) is 11.8 Å². The quantitative estimate of drug-likeness (QED) is 0.200. The molecule has 0 bridgehead atoms. The van der Waals surface area contributed by atoms with Gasteiger partial charge in [-0.05, 0) is 37.7 Å². The predicted octanol–water partition coefficient (Wildman–Crippen LogP) is 3.53. The number of aliphatic hydroxyl groups is 2. The second-order valence-corrected chi connectivity index (χ2v) is 8.27. The number of fused-ring (bicyclic) bond motifs is 1. The molecule has 0 heterocycles. The van der Waals surface area contributed by atoms with Crippen LogP contribution in [0.15, 0.2) is 11.3 Å². The summed E-state index contributed by atoms with van der Waals surface area (Å²) in [7, 11) is 0. The molecule has 0 aliphatic heterocycles. The van der Waals surface area contributed by atoms with Crippen molar-refractivity contribution >= 4 is 5.97 Å². The first-order valence-corrected chi connectivity index (χ1v) is 11.2. The van der Waals surface area contributed by atoms with Gasteiger partial charge in [0, 0.05) is 18.0 Å². The Labute approximate surface area is 174 Å². The lowest BCUT2D eigenvalue weighted by molar-refractivity contribution is -0.137. The molecule has 0 aromatic carbocycles. The highest BCUT2D eigenvalue weighted by Gasteiger charge is 2.45. The predicted molar refractivity (Wildman–Crippen MR) is 112 cm³/mol. The number of unbranched alkanes of at least 4 members (excludes halogenated alkanes) is 6. The minimum Gasteiger partial charge on any atom is -0.481 e. The lowest BCUT2D eigenvalue weighted by Crippen LogP contribution is -2.30. The Morgan fingerprint density at radius 1 is 1.17 bits per heavy atom. The summed E-state index contributed by atoms with van der Waals surface area (Å²) in [6.07, 6.45) is 10.0. The van der Waals surface area contributed by atoms with Gasteiger partial charge in [0.05, 0.1) is 18.6 Å². The lowest BCUT2D eigenvalue weighted by Gasteiger charge is -2.30. The van der Waals surface area contributed by atoms with Crippen molar-refractivity contribution in [3.05, 3.63) is 11.3 Å². The molecule has 1 fully saturated rings. The molecule has 0 radical (unpaired) electrons. The largest absolute Gasteiger partial charge is 0.481 e. The van der Waals surface area contributed by atoms with Gasteiger partial charge in [-0.2, -0.15) is 0 Å². The van der Waals surface area contributed by atoms with E-state index in [9.17, 15) is 15.0 Å². The number of hydrogen-bond acceptors (Lipinski definition) is 5. The fourth-order valence-electron chi connectivity index (χ4n) is 4.10. The molecule has 2 rings (SSSR count). The summed E-state index contributed by atoms with van der Waals surface area (Å²) in [5, 5.41) is 29.1. The first-order valence-electron chi connectivity index (χ1n) is 11.2. The van der Waals surface area contributed by atoms with Crippen molar-refractivity contribution in [1.29, 1.82) is 0 Å². The third-order valence-corrected chi connectivity index (χ3v) is 5.87. The van der Waals surface area contributed by atoms with Gasteiger partial charge < -0.3 is 15.3 Å². The number of aliphatic hydroxyl groups excluding tert-OH is 2. The number of carboxylic acid groups (broad SMARTS) is 1. The summed E-state index contributed by atoms with van der Waals surface area (Å²) in [6, 6.07) is 0. The van der Waals surface area contributed by atoms with Crippen LogP contribution in [0.3, 0.4) is 0 Å². The number of hydroxylamine groups is 1. The SMILES string of the molecule is CCCCCCCCCC(O)C#CC1C(O)CC2=C(NOCCCC(=O)O)CC21. The van der Waals surface area contributed by atoms with Crippen molar-refractivity contribution in [3.63, 3.8) is 0 Å². The van der Waals surface area contributed by atoms with Gasteiger partial charge >= 0.3 is 5.97 Å². The van der Waals surface area contributed by atoms with E-state index in [1.807, 2.05) is 0 Å². The summed E-state index contributed by atoms with van der Waals surface area (Å²) in [6.45, 7) is 2.55. The van der Waals surface area contributed by atoms with Gasteiger partial charge in [0.1, 0.15) is 6.10 Å². The molecule has 4 unspecified atom stereocenters. The second kappa shape index (κ2) is 12.9. The van der Waals surface area contributed by atoms with Gasteiger partial charge in [0.25, 0.3) is 0 Å². The summed E-state index contributed by atoms with van der Waals surface area (Å²) in [5.41, 5.74) is 5.03. The molecule has 2 aliphatic carbocycles. The van der Waals surface area contributed by atoms with Crippen LogP contribution in [0.25, 0.3) is 0 Å². The van der Waals surface area contributed by atoms with E-state index in [2.05, 4.69) is 24.2 Å². The van der Waals surface area contributed by atoms with Gasteiger partial charge in [-0.15, -0.1) is 0 Å². The topological polar surface area (TPSA) is 99.0 Å². The zero-order chi connectivity index (χ0) is 21.1. The summed E-state index contributed by atoms with van der Waals surface area (Å²) in [5.74, 6) is 5.36. The Morgan fingerprint density at radius 3 is 2.62 bits per heavy atom. The molecule has 0 spiro atoms. The van der Waals surface area contributed by atoms with Crippen LogP contribution in [0, 0.1) is 23.7 Å². The van der Waals surface area contributed by atoms with Gasteiger partial charge in [-0.25, -0.2) is 0 Å². The molecule has 6 nitrogen and oxygen atoms in total. The number of rotatable bonds is 14. The summed E-state index contributed by atoms with van der Waals surface area (Å²) >= 11 is 0. The van der Waals surface area contributed by atoms with Crippen LogP contribution >= 0.6 is 0 Å². The minimum absolute atomic E-state index is 0.0910. The standard InChI is InChI=1S/C23H37NO5/c1-2-3-4-5-6-7-8-10-17(25)12-13-18-19-15-21(20(19)16-22(18)26)24-29-14-9-11-23(27)28/h17-19,22,24-26H,2-11,14-16H2,1H3,(H,27,28). The molecule has 0 saturated heterocycles. The molecule has 164 valence electrons. The van der Waals surface area contributed by atoms with Crippen LogP contribution in [0.4, 0.5) is 0 Å². The van der Waals surface area contributed by atoms with E-state index in [-0.39, 0.29) is 18.3 Å². The summed E-state index contributed by atoms with van der Waals surface area (Å²) in [4.78, 5) is 15.8. The molecular weight excluding hydrogens is 370 g/mol. The Hall–Kier alpha value is -1.55. The highest BCUT2D eigenvalue weighted by Crippen LogP contribution is 2.48. The maximum atomic E-state index is 10.5. The van der Waals surface area contributed by atoms with Gasteiger partial charge in [0.2, 0.25) is 0 Å². The van der Waals surface area contributed by atoms with Crippen molar-refractivity contribution in [2.45, 2.75) is 96.2 Å². The van der Waals surface area contributed by atoms with Crippen molar-refractivity contribution < 1.29 is 25.0 Å². The monoisotopic (exact) mass is 407 g/mol. The molecule has 6 heteroatoms. The van der Waals surface area contributed by atoms with E-state index >= 15 is 0 Å². The van der Waals surface area contributed by atoms with Gasteiger partial charge in [0.15, 0.2) is 0 Å². The van der Waals surface area contributed by atoms with Gasteiger partial charge in [-0.3, -0.25) is 15.1 Å². The fraction of sp³-hybridized carbons (Fsp3) is 0.783. The number of aliphatic carboxylic acids is 1. The maximum Gasteiger partial charge on any atom is 0.303 e. The highest BCUT2D eigenvalue weighted by molar-refractivity contribution is 5.66. The normalized spacial score (nSPS) is 23.8. The van der Waals surface area contributed by atoms with Crippen molar-refractivity contribution in [1.82, 2.24) is 5.48 Å². The average Bonchev–Trinajstić information content (AvgIpc) is 2.92. The summed E-state index contributed by atoms with van der Waals surface area (Å²) < 4.78 is 0. The van der Waals surface area contributed by atoms with E-state index in [0.29, 0.717) is 25.9 Å². The Kier molecular flexibility index (Phi) is 10.5. The fourth-order valence-corrected chi connectivity index (χ4v) is 4.10. The number of hydrogen-bond donors (Lipinski definition) is 4. The van der Waals surface area contributed by atoms with E-state index in [1.54, 1.807) is 0 Å². The van der Waals surface area contributed by atoms with Crippen LogP contribution in [-0.4, -0.2) is 40.1 Å². The van der Waals surface area contributed by atoms with E-state index in [4.69, 9.17) is 9.94 Å². The first-order chi connectivity index (χ1) is 14.0. The number of carbonyl (C=O) groups is 1. The second-order valence-electron chi connectivity index (χ2n) is 8.27. The molecule has 4 atom stereocenters. The number of carboxylic acids is 1. The smallest absolute Gasteiger partial charge is 0.303 e. The number of nitrogens with one attached hydrogen (secondary N) is 1. The molecule has 29 heavy (non-hydrogen) atoms. The number of allylic oxidation sites excluding steroid dienone is 1. The van der Waals surface area contributed by atoms with Crippen LogP contribution in [-0.2, 0) is 9.63 Å². The molecule has 0 aromatic rings. The van der Waals surface area contributed by atoms with E-state index < -0.39 is 18.2 Å². The Bertz CT molecular complexity index is 606. The molecule has 0 aromatic heterocycles. The zero-order valence-electron chi connectivity index (χ0n) is 17.7. The van der Waals surface area contributed by atoms with Crippen LogP contribution < -0.4 is 5.48 Å². The van der Waals surface area contributed by atoms with Crippen molar-refractivity contribution in [2.75, 3.05) is 6.61 Å². The third kappa shape index (κ3) is 8.00. The average molecular weight is 408 g/mol. The van der Waals surface area contributed by atoms with Crippen molar-refractivity contribution in [2.24, 2.45) is 11.8 Å². The first kappa shape index (κ1) is 23.7. The molecule has 0 amide bonds. The minimum atomic E-state index is -0.825. The maximum absolute atomic E-state index is 10.5. The zero-order valence-corrected chi connectivity index (χ0v) is 17.7. The van der Waals surface area contributed by atoms with Gasteiger partial charge in [-0.1, -0.05) is 57.3 Å². The lowest BCUT2D eigenvalue weighted by atomic mass is 9.79. The van der Waals surface area contributed by atoms with E-state index in [0.717, 1.165) is 30.5 Å². The van der Waals surface area contributed by atoms with Crippen LogP contribution in [0.5, 0.6) is 0 Å². The molecule has 2 aliphatic rings. The Balaban J connectivity index is 1.66. The molecule has 1 saturated carbocycles. The van der Waals surface area contributed by atoms with E-state index in [1.165, 1.54) is 32.1 Å². The Morgan fingerprint density at radius 2 is 1.90 bits per heavy atom. The van der Waals surface area contributed by atoms with Crippen LogP contribution in [0.2, 0.25) is 0 Å². The molecular formula is C23H37NO5. The van der Waals surface area contributed by atoms with Crippen LogP contribution in [0.1, 0.15) is 84.0 Å². The third-order valence-electron chi connectivity index (χ3n) is 5.87.